The van der Waals surface area contributed by atoms with Crippen LogP contribution in [0.25, 0.3) is 0 Å². The first kappa shape index (κ1) is 18.3. The number of carboxylic acids is 1. The molecule has 1 amide bonds. The van der Waals surface area contributed by atoms with Crippen LogP contribution >= 0.6 is 0 Å². The van der Waals surface area contributed by atoms with Gasteiger partial charge in [0.05, 0.1) is 26.7 Å². The number of carbonyl (C=O) groups is 2. The second-order valence-electron chi connectivity index (χ2n) is 6.83. The maximum atomic E-state index is 12.9. The first-order chi connectivity index (χ1) is 12.5. The summed E-state index contributed by atoms with van der Waals surface area (Å²) in [5, 5.41) is 9.40. The Morgan fingerprint density at radius 3 is 2.54 bits per heavy atom. The monoisotopic (exact) mass is 359 g/mol. The molecule has 6 nitrogen and oxygen atoms in total. The number of allylic oxidation sites excluding steroid dienone is 2. The number of ether oxygens (including phenoxy) is 2. The fraction of sp³-hybridized carbons (Fsp3) is 0.500. The smallest absolute Gasteiger partial charge is 0.305 e. The van der Waals surface area contributed by atoms with Crippen LogP contribution < -0.4 is 9.47 Å². The predicted octanol–water partition coefficient (Wildman–Crippen LogP) is 2.96. The van der Waals surface area contributed by atoms with Gasteiger partial charge in [0.15, 0.2) is 11.5 Å². The van der Waals surface area contributed by atoms with Crippen LogP contribution in [0.4, 0.5) is 0 Å². The highest BCUT2D eigenvalue weighted by molar-refractivity contribution is 5.79. The number of hydrogen-bond donors (Lipinski definition) is 1. The van der Waals surface area contributed by atoms with Crippen molar-refractivity contribution in [2.75, 3.05) is 20.8 Å². The summed E-state index contributed by atoms with van der Waals surface area (Å²) in [6.45, 7) is 0.524. The summed E-state index contributed by atoms with van der Waals surface area (Å²) in [4.78, 5) is 26.1. The molecule has 2 atom stereocenters. The van der Waals surface area contributed by atoms with Gasteiger partial charge in [-0.05, 0) is 48.4 Å². The quantitative estimate of drug-likeness (QED) is 0.790. The van der Waals surface area contributed by atoms with Crippen LogP contribution in [-0.2, 0) is 16.0 Å². The zero-order valence-electron chi connectivity index (χ0n) is 15.2. The predicted molar refractivity (Wildman–Crippen MR) is 96.4 cm³/mol. The molecule has 0 saturated heterocycles. The summed E-state index contributed by atoms with van der Waals surface area (Å²) >= 11 is 0. The molecule has 2 unspecified atom stereocenters. The molecule has 0 spiro atoms. The van der Waals surface area contributed by atoms with Crippen molar-refractivity contribution < 1.29 is 24.2 Å². The van der Waals surface area contributed by atoms with Crippen molar-refractivity contribution in [2.24, 2.45) is 5.92 Å². The van der Waals surface area contributed by atoms with E-state index in [9.17, 15) is 14.7 Å². The molecule has 1 aromatic carbocycles. The van der Waals surface area contributed by atoms with Crippen molar-refractivity contribution in [3.8, 4) is 11.5 Å². The summed E-state index contributed by atoms with van der Waals surface area (Å²) in [5.74, 6) is 0.537. The number of methoxy groups -OCH3 is 2. The molecule has 3 rings (SSSR count). The van der Waals surface area contributed by atoms with Gasteiger partial charge < -0.3 is 19.5 Å². The molecule has 140 valence electrons. The van der Waals surface area contributed by atoms with E-state index in [2.05, 4.69) is 12.2 Å². The highest BCUT2D eigenvalue weighted by Gasteiger charge is 2.34. The highest BCUT2D eigenvalue weighted by Crippen LogP contribution is 2.40. The van der Waals surface area contributed by atoms with Crippen molar-refractivity contribution in [3.63, 3.8) is 0 Å². The van der Waals surface area contributed by atoms with Crippen molar-refractivity contribution in [1.29, 1.82) is 0 Å². The van der Waals surface area contributed by atoms with Crippen LogP contribution in [0.1, 0.15) is 42.9 Å². The van der Waals surface area contributed by atoms with Gasteiger partial charge in [0.2, 0.25) is 5.91 Å². The lowest BCUT2D eigenvalue weighted by molar-refractivity contribution is -0.141. The number of nitrogens with zero attached hydrogens (tertiary/aromatic N) is 1. The van der Waals surface area contributed by atoms with E-state index in [4.69, 9.17) is 9.47 Å². The molecule has 2 aliphatic rings. The normalized spacial score (nSPS) is 21.4. The lowest BCUT2D eigenvalue weighted by Crippen LogP contribution is -2.41. The Labute approximate surface area is 153 Å². The van der Waals surface area contributed by atoms with Gasteiger partial charge in [0.25, 0.3) is 0 Å². The Morgan fingerprint density at radius 2 is 1.92 bits per heavy atom. The van der Waals surface area contributed by atoms with Gasteiger partial charge in [0.1, 0.15) is 0 Å². The SMILES string of the molecule is COc1cc2c(cc1OC)C(CC(=O)O)N(C(=O)CC1C=CCC1)CC2. The fourth-order valence-electron chi connectivity index (χ4n) is 3.92. The van der Waals surface area contributed by atoms with E-state index in [1.807, 2.05) is 12.1 Å². The molecular formula is C20H25NO5. The van der Waals surface area contributed by atoms with Gasteiger partial charge in [0, 0.05) is 13.0 Å². The molecule has 0 bridgehead atoms. The highest BCUT2D eigenvalue weighted by atomic mass is 16.5. The molecule has 0 saturated carbocycles. The van der Waals surface area contributed by atoms with Gasteiger partial charge in [-0.25, -0.2) is 0 Å². The van der Waals surface area contributed by atoms with Crippen LogP contribution in [0.15, 0.2) is 24.3 Å². The van der Waals surface area contributed by atoms with Crippen LogP contribution in [0.2, 0.25) is 0 Å². The molecule has 1 N–H and O–H groups in total. The Kier molecular flexibility index (Phi) is 5.49. The second kappa shape index (κ2) is 7.81. The average molecular weight is 359 g/mol. The van der Waals surface area contributed by atoms with Gasteiger partial charge in [-0.3, -0.25) is 9.59 Å². The van der Waals surface area contributed by atoms with Crippen molar-refractivity contribution in [2.45, 2.75) is 38.1 Å². The number of rotatable bonds is 6. The van der Waals surface area contributed by atoms with Gasteiger partial charge in [-0.2, -0.15) is 0 Å². The Balaban J connectivity index is 1.91. The number of aliphatic carboxylic acids is 1. The van der Waals surface area contributed by atoms with Crippen LogP contribution in [0.5, 0.6) is 11.5 Å². The number of amides is 1. The van der Waals surface area contributed by atoms with E-state index in [0.717, 1.165) is 24.0 Å². The lowest BCUT2D eigenvalue weighted by atomic mass is 9.89. The summed E-state index contributed by atoms with van der Waals surface area (Å²) in [5.41, 5.74) is 1.85. The number of hydrogen-bond acceptors (Lipinski definition) is 4. The second-order valence-corrected chi connectivity index (χ2v) is 6.83. The number of carboxylic acid groups (broad SMARTS) is 1. The van der Waals surface area contributed by atoms with E-state index in [0.29, 0.717) is 30.9 Å². The Morgan fingerprint density at radius 1 is 1.19 bits per heavy atom. The first-order valence-electron chi connectivity index (χ1n) is 8.96. The summed E-state index contributed by atoms with van der Waals surface area (Å²) in [6.07, 6.45) is 7.20. The average Bonchev–Trinajstić information content (AvgIpc) is 3.13. The summed E-state index contributed by atoms with van der Waals surface area (Å²) in [7, 11) is 3.13. The van der Waals surface area contributed by atoms with E-state index in [1.165, 1.54) is 0 Å². The maximum absolute atomic E-state index is 12.9. The third-order valence-corrected chi connectivity index (χ3v) is 5.24. The zero-order chi connectivity index (χ0) is 18.7. The molecule has 1 heterocycles. The Bertz CT molecular complexity index is 727. The number of benzene rings is 1. The van der Waals surface area contributed by atoms with Crippen molar-refractivity contribution >= 4 is 11.9 Å². The molecule has 6 heteroatoms. The zero-order valence-corrected chi connectivity index (χ0v) is 15.2. The molecule has 0 radical (unpaired) electrons. The van der Waals surface area contributed by atoms with Crippen molar-refractivity contribution in [3.05, 3.63) is 35.4 Å². The van der Waals surface area contributed by atoms with Crippen LogP contribution in [0, 0.1) is 5.92 Å². The van der Waals surface area contributed by atoms with E-state index >= 15 is 0 Å². The van der Waals surface area contributed by atoms with Gasteiger partial charge in [-0.1, -0.05) is 12.2 Å². The van der Waals surface area contributed by atoms with Crippen LogP contribution in [0.3, 0.4) is 0 Å². The van der Waals surface area contributed by atoms with E-state index in [1.54, 1.807) is 19.1 Å². The van der Waals surface area contributed by atoms with Crippen LogP contribution in [-0.4, -0.2) is 42.6 Å². The molecule has 1 aliphatic carbocycles. The molecular weight excluding hydrogens is 334 g/mol. The summed E-state index contributed by atoms with van der Waals surface area (Å²) < 4.78 is 10.7. The number of fused-ring (bicyclic) bond motifs is 1. The summed E-state index contributed by atoms with van der Waals surface area (Å²) in [6, 6.07) is 3.23. The topological polar surface area (TPSA) is 76.1 Å². The number of carbonyl (C=O) groups excluding carboxylic acids is 1. The molecule has 26 heavy (non-hydrogen) atoms. The lowest BCUT2D eigenvalue weighted by Gasteiger charge is -2.37. The third kappa shape index (κ3) is 3.69. The Hall–Kier alpha value is -2.50. The minimum atomic E-state index is -0.920. The fourth-order valence-corrected chi connectivity index (χ4v) is 3.92. The molecule has 1 aromatic rings. The maximum Gasteiger partial charge on any atom is 0.305 e. The minimum absolute atomic E-state index is 0.0215. The third-order valence-electron chi connectivity index (χ3n) is 5.24. The van der Waals surface area contributed by atoms with E-state index in [-0.39, 0.29) is 18.2 Å². The van der Waals surface area contributed by atoms with Crippen molar-refractivity contribution in [1.82, 2.24) is 4.90 Å². The molecule has 1 aliphatic heterocycles. The van der Waals surface area contributed by atoms with E-state index < -0.39 is 12.0 Å². The minimum Gasteiger partial charge on any atom is -0.493 e. The molecule has 0 fully saturated rings. The first-order valence-corrected chi connectivity index (χ1v) is 8.96. The van der Waals surface area contributed by atoms with Gasteiger partial charge >= 0.3 is 5.97 Å². The largest absolute Gasteiger partial charge is 0.493 e. The molecule has 0 aromatic heterocycles. The van der Waals surface area contributed by atoms with Gasteiger partial charge in [-0.15, -0.1) is 0 Å². The standard InChI is InChI=1S/C20H25NO5/c1-25-17-10-14-7-8-21(19(22)9-13-5-3-4-6-13)16(12-20(23)24)15(14)11-18(17)26-2/h3,5,10-11,13,16H,4,6-9,12H2,1-2H3,(H,23,24).